The zero-order chi connectivity index (χ0) is 17.8. The molecule has 2 bridgehead atoms. The Morgan fingerprint density at radius 1 is 1.12 bits per heavy atom. The molecule has 3 aliphatic carbocycles. The molecule has 5 aliphatic rings. The largest absolute Gasteiger partial charge is 0.462 e. The van der Waals surface area contributed by atoms with E-state index < -0.39 is 22.0 Å². The SMILES string of the molecule is CC(C)OC(=O)[C@]12C3C4[C@]1(C(=O)NCc1ccccc1)[C@]4(C)O[C@@]32C. The molecule has 2 heterocycles. The van der Waals surface area contributed by atoms with Gasteiger partial charge in [0, 0.05) is 18.4 Å². The maximum atomic E-state index is 13.2. The van der Waals surface area contributed by atoms with E-state index in [2.05, 4.69) is 5.32 Å². The van der Waals surface area contributed by atoms with E-state index in [1.807, 2.05) is 58.0 Å². The molecule has 0 radical (unpaired) electrons. The molecule has 2 saturated heterocycles. The molecule has 1 aromatic rings. The lowest BCUT2D eigenvalue weighted by Gasteiger charge is -2.32. The Morgan fingerprint density at radius 2 is 1.72 bits per heavy atom. The van der Waals surface area contributed by atoms with Crippen LogP contribution in [0, 0.1) is 22.7 Å². The molecular weight excluding hydrogens is 318 g/mol. The van der Waals surface area contributed by atoms with Gasteiger partial charge < -0.3 is 14.8 Å². The fourth-order valence-electron chi connectivity index (χ4n) is 6.55. The smallest absolute Gasteiger partial charge is 0.316 e. The number of esters is 1. The summed E-state index contributed by atoms with van der Waals surface area (Å²) < 4.78 is 11.8. The van der Waals surface area contributed by atoms with Crippen LogP contribution in [0.5, 0.6) is 0 Å². The molecule has 0 aromatic heterocycles. The van der Waals surface area contributed by atoms with Gasteiger partial charge in [0.2, 0.25) is 5.91 Å². The average Bonchev–Trinajstić information content (AvgIpc) is 3.07. The maximum Gasteiger partial charge on any atom is 0.316 e. The predicted molar refractivity (Wildman–Crippen MR) is 89.3 cm³/mol. The Hall–Kier alpha value is -1.88. The van der Waals surface area contributed by atoms with Crippen LogP contribution in [0.15, 0.2) is 30.3 Å². The van der Waals surface area contributed by atoms with Gasteiger partial charge in [0.15, 0.2) is 0 Å². The molecular formula is C20H23NO4. The van der Waals surface area contributed by atoms with E-state index in [4.69, 9.17) is 9.47 Å². The quantitative estimate of drug-likeness (QED) is 0.833. The number of hydrogen-bond acceptors (Lipinski definition) is 4. The molecule has 0 spiro atoms. The minimum absolute atomic E-state index is 0.0676. The van der Waals surface area contributed by atoms with Crippen LogP contribution >= 0.6 is 0 Å². The number of ether oxygens (including phenoxy) is 2. The molecule has 2 unspecified atom stereocenters. The topological polar surface area (TPSA) is 64.6 Å². The van der Waals surface area contributed by atoms with Crippen molar-refractivity contribution in [2.75, 3.05) is 0 Å². The van der Waals surface area contributed by atoms with Gasteiger partial charge in [-0.25, -0.2) is 0 Å². The minimum Gasteiger partial charge on any atom is -0.462 e. The summed E-state index contributed by atoms with van der Waals surface area (Å²) in [5.74, 6) is -0.0661. The first kappa shape index (κ1) is 15.4. The van der Waals surface area contributed by atoms with E-state index in [1.165, 1.54) is 0 Å². The van der Waals surface area contributed by atoms with E-state index in [0.717, 1.165) is 5.56 Å². The molecule has 2 aliphatic heterocycles. The van der Waals surface area contributed by atoms with Gasteiger partial charge in [-0.1, -0.05) is 30.3 Å². The van der Waals surface area contributed by atoms with Gasteiger partial charge in [0.25, 0.3) is 0 Å². The molecule has 25 heavy (non-hydrogen) atoms. The lowest BCUT2D eigenvalue weighted by atomic mass is 9.70. The highest BCUT2D eigenvalue weighted by molar-refractivity contribution is 6.06. The lowest BCUT2D eigenvalue weighted by Crippen LogP contribution is -2.50. The van der Waals surface area contributed by atoms with Crippen molar-refractivity contribution in [1.82, 2.24) is 5.32 Å². The second-order valence-electron chi connectivity index (χ2n) is 8.51. The highest BCUT2D eigenvalue weighted by Crippen LogP contribution is 3.07. The van der Waals surface area contributed by atoms with Crippen LogP contribution in [0.25, 0.3) is 0 Å². The summed E-state index contributed by atoms with van der Waals surface area (Å²) in [7, 11) is 0. The Labute approximate surface area is 147 Å². The van der Waals surface area contributed by atoms with Crippen molar-refractivity contribution in [3.05, 3.63) is 35.9 Å². The Bertz CT molecular complexity index is 807. The Morgan fingerprint density at radius 3 is 2.28 bits per heavy atom. The summed E-state index contributed by atoms with van der Waals surface area (Å²) in [4.78, 5) is 26.1. The van der Waals surface area contributed by atoms with Gasteiger partial charge in [-0.3, -0.25) is 9.59 Å². The van der Waals surface area contributed by atoms with E-state index in [9.17, 15) is 9.59 Å². The van der Waals surface area contributed by atoms with Gasteiger partial charge in [-0.05, 0) is 33.3 Å². The normalized spacial score (nSPS) is 46.9. The second-order valence-corrected chi connectivity index (χ2v) is 8.51. The number of hydrogen-bond donors (Lipinski definition) is 1. The van der Waals surface area contributed by atoms with Crippen molar-refractivity contribution >= 4 is 11.9 Å². The van der Waals surface area contributed by atoms with Crippen molar-refractivity contribution < 1.29 is 19.1 Å². The third-order valence-electron chi connectivity index (χ3n) is 7.22. The molecule has 6 atom stereocenters. The Balaban J connectivity index is 1.43. The van der Waals surface area contributed by atoms with Gasteiger partial charge in [0.05, 0.1) is 17.3 Å². The summed E-state index contributed by atoms with van der Waals surface area (Å²) in [5.41, 5.74) is -1.56. The summed E-state index contributed by atoms with van der Waals surface area (Å²) in [5, 5.41) is 3.05. The lowest BCUT2D eigenvalue weighted by molar-refractivity contribution is -0.166. The molecule has 5 heteroatoms. The zero-order valence-corrected chi connectivity index (χ0v) is 15.0. The molecule has 1 aromatic carbocycles. The van der Waals surface area contributed by atoms with Crippen molar-refractivity contribution in [2.45, 2.75) is 51.5 Å². The highest BCUT2D eigenvalue weighted by atomic mass is 16.6. The number of carbonyl (C=O) groups is 2. The third-order valence-corrected chi connectivity index (χ3v) is 7.22. The van der Waals surface area contributed by atoms with Crippen molar-refractivity contribution in [3.63, 3.8) is 0 Å². The summed E-state index contributed by atoms with van der Waals surface area (Å²) in [6.07, 6.45) is -0.195. The van der Waals surface area contributed by atoms with Crippen LogP contribution < -0.4 is 5.32 Å². The first-order valence-electron chi connectivity index (χ1n) is 9.02. The summed E-state index contributed by atoms with van der Waals surface area (Å²) >= 11 is 0. The monoisotopic (exact) mass is 341 g/mol. The first-order chi connectivity index (χ1) is 11.8. The van der Waals surface area contributed by atoms with E-state index in [-0.39, 0.29) is 29.8 Å². The standard InChI is InChI=1S/C20H23NO4/c1-11(2)24-16(23)20-14-13-17(3,25-18(14,20)4)19(13,20)15(22)21-10-12-8-6-5-7-9-12/h5-9,11,13-14H,10H2,1-4H3,(H,21,22)/t13?,14?,17-,18+,19+,20+/m1/s1. The van der Waals surface area contributed by atoms with Gasteiger partial charge in [-0.2, -0.15) is 0 Å². The molecule has 1 N–H and O–H groups in total. The fraction of sp³-hybridized carbons (Fsp3) is 0.600. The molecule has 1 amide bonds. The first-order valence-corrected chi connectivity index (χ1v) is 9.02. The summed E-state index contributed by atoms with van der Waals surface area (Å²) in [6, 6.07) is 9.80. The van der Waals surface area contributed by atoms with E-state index in [1.54, 1.807) is 0 Å². The Kier molecular flexibility index (Phi) is 2.52. The van der Waals surface area contributed by atoms with Crippen LogP contribution in [-0.4, -0.2) is 29.2 Å². The van der Waals surface area contributed by atoms with Crippen LogP contribution in [-0.2, 0) is 25.6 Å². The number of rotatable bonds is 5. The van der Waals surface area contributed by atoms with Crippen LogP contribution in [0.2, 0.25) is 0 Å². The van der Waals surface area contributed by atoms with Crippen molar-refractivity contribution in [2.24, 2.45) is 22.7 Å². The van der Waals surface area contributed by atoms with Gasteiger partial charge in [-0.15, -0.1) is 0 Å². The third kappa shape index (κ3) is 1.27. The second kappa shape index (κ2) is 4.09. The maximum absolute atomic E-state index is 13.2. The molecule has 132 valence electrons. The molecule has 5 fully saturated rings. The molecule has 6 rings (SSSR count). The van der Waals surface area contributed by atoms with E-state index >= 15 is 0 Å². The predicted octanol–water partition coefficient (Wildman–Crippen LogP) is 2.05. The van der Waals surface area contributed by atoms with Crippen LogP contribution in [0.3, 0.4) is 0 Å². The van der Waals surface area contributed by atoms with Gasteiger partial charge >= 0.3 is 5.97 Å². The zero-order valence-electron chi connectivity index (χ0n) is 15.0. The van der Waals surface area contributed by atoms with Crippen LogP contribution in [0.1, 0.15) is 33.3 Å². The summed E-state index contributed by atoms with van der Waals surface area (Å²) in [6.45, 7) is 8.09. The van der Waals surface area contributed by atoms with E-state index in [0.29, 0.717) is 6.54 Å². The van der Waals surface area contributed by atoms with Crippen LogP contribution in [0.4, 0.5) is 0 Å². The number of nitrogens with one attached hydrogen (secondary N) is 1. The van der Waals surface area contributed by atoms with Crippen molar-refractivity contribution in [3.8, 4) is 0 Å². The molecule has 5 nitrogen and oxygen atoms in total. The minimum atomic E-state index is -0.787. The number of carbonyl (C=O) groups excluding carboxylic acids is 2. The average molecular weight is 341 g/mol. The highest BCUT2D eigenvalue weighted by Gasteiger charge is 3.19. The van der Waals surface area contributed by atoms with Gasteiger partial charge in [0.1, 0.15) is 10.8 Å². The fourth-order valence-corrected chi connectivity index (χ4v) is 6.55. The number of benzene rings is 1. The molecule has 3 saturated carbocycles. The van der Waals surface area contributed by atoms with Crippen molar-refractivity contribution in [1.29, 1.82) is 0 Å². The number of amides is 1.